The Morgan fingerprint density at radius 3 is 2.50 bits per heavy atom. The van der Waals surface area contributed by atoms with E-state index < -0.39 is 23.9 Å². The molecule has 4 nitrogen and oxygen atoms in total. The van der Waals surface area contributed by atoms with Crippen molar-refractivity contribution in [2.24, 2.45) is 22.7 Å². The van der Waals surface area contributed by atoms with Gasteiger partial charge < -0.3 is 20.4 Å². The Balaban J connectivity index is 1.76. The average Bonchev–Trinajstić information content (AvgIpc) is 3.05. The Morgan fingerprint density at radius 2 is 1.84 bits per heavy atom. The van der Waals surface area contributed by atoms with Crippen molar-refractivity contribution >= 4 is 0 Å². The Kier molecular flexibility index (Phi) is 7.52. The fourth-order valence-corrected chi connectivity index (χ4v) is 7.02. The van der Waals surface area contributed by atoms with Crippen LogP contribution in [0.3, 0.4) is 0 Å². The van der Waals surface area contributed by atoms with Crippen molar-refractivity contribution < 1.29 is 20.4 Å². The van der Waals surface area contributed by atoms with Crippen molar-refractivity contribution in [1.29, 1.82) is 0 Å². The molecule has 6 atom stereocenters. The van der Waals surface area contributed by atoms with Gasteiger partial charge in [-0.3, -0.25) is 0 Å². The maximum atomic E-state index is 10.4. The normalized spacial score (nSPS) is 37.7. The molecule has 0 aliphatic heterocycles. The van der Waals surface area contributed by atoms with Gasteiger partial charge in [-0.1, -0.05) is 45.1 Å². The molecule has 0 aromatic heterocycles. The third-order valence-corrected chi connectivity index (χ3v) is 9.05. The minimum atomic E-state index is -1.06. The lowest BCUT2D eigenvalue weighted by atomic mass is 9.56. The Morgan fingerprint density at radius 1 is 1.16 bits per heavy atom. The zero-order valence-corrected chi connectivity index (χ0v) is 20.9. The lowest BCUT2D eigenvalue weighted by molar-refractivity contribution is -0.0609. The molecule has 0 spiro atoms. The molecule has 0 radical (unpaired) electrons. The van der Waals surface area contributed by atoms with Gasteiger partial charge in [0.1, 0.15) is 0 Å². The summed E-state index contributed by atoms with van der Waals surface area (Å²) in [6.07, 6.45) is 10.9. The summed E-state index contributed by atoms with van der Waals surface area (Å²) >= 11 is 0. The van der Waals surface area contributed by atoms with E-state index in [1.54, 1.807) is 13.8 Å². The molecule has 0 amide bonds. The van der Waals surface area contributed by atoms with Gasteiger partial charge in [-0.25, -0.2) is 0 Å². The van der Waals surface area contributed by atoms with Crippen LogP contribution in [-0.2, 0) is 0 Å². The molecule has 0 bridgehead atoms. The Bertz CT molecular complexity index is 756. The first-order valence-electron chi connectivity index (χ1n) is 12.6. The van der Waals surface area contributed by atoms with Crippen molar-refractivity contribution in [2.75, 3.05) is 0 Å². The second-order valence-corrected chi connectivity index (χ2v) is 12.3. The van der Waals surface area contributed by atoms with Crippen LogP contribution in [0.2, 0.25) is 0 Å². The predicted molar refractivity (Wildman–Crippen MR) is 130 cm³/mol. The van der Waals surface area contributed by atoms with Crippen LogP contribution in [0.15, 0.2) is 35.5 Å². The number of hydrogen-bond donors (Lipinski definition) is 4. The Labute approximate surface area is 195 Å². The minimum absolute atomic E-state index is 0.0997. The third kappa shape index (κ3) is 5.24. The molecule has 1 unspecified atom stereocenters. The molecule has 0 saturated heterocycles. The first-order valence-corrected chi connectivity index (χ1v) is 12.6. The molecule has 0 aromatic carbocycles. The average molecular weight is 447 g/mol. The molecule has 0 heterocycles. The molecule has 3 fully saturated rings. The van der Waals surface area contributed by atoms with Gasteiger partial charge in [-0.2, -0.15) is 0 Å². The van der Waals surface area contributed by atoms with Crippen molar-refractivity contribution in [3.63, 3.8) is 0 Å². The predicted octanol–water partition coefficient (Wildman–Crippen LogP) is 5.07. The van der Waals surface area contributed by atoms with Gasteiger partial charge in [0.15, 0.2) is 0 Å². The molecule has 3 aliphatic carbocycles. The summed E-state index contributed by atoms with van der Waals surface area (Å²) in [6, 6.07) is 0. The summed E-state index contributed by atoms with van der Waals surface area (Å²) < 4.78 is 0. The number of aliphatic hydroxyl groups is 4. The maximum Gasteiger partial charge on any atom is 0.0849 e. The van der Waals surface area contributed by atoms with E-state index in [2.05, 4.69) is 39.5 Å². The monoisotopic (exact) mass is 446 g/mol. The van der Waals surface area contributed by atoms with Crippen LogP contribution < -0.4 is 0 Å². The van der Waals surface area contributed by atoms with Gasteiger partial charge in [-0.05, 0) is 99.0 Å². The SMILES string of the molecule is C=C1/C(=C\C=C2CCC[C@@]3(C)C2CC[C@@H]3C(C)(C)CC[C@@H](O)C(C)(C)O)C[C@@H](O)C[C@H]1O. The molecular weight excluding hydrogens is 400 g/mol. The second-order valence-electron chi connectivity index (χ2n) is 12.3. The number of rotatable bonds is 6. The summed E-state index contributed by atoms with van der Waals surface area (Å²) in [5.74, 6) is 1.14. The lowest BCUT2D eigenvalue weighted by Gasteiger charge is -2.48. The molecular formula is C28H46O4. The summed E-state index contributed by atoms with van der Waals surface area (Å²) in [6.45, 7) is 14.6. The molecule has 32 heavy (non-hydrogen) atoms. The first kappa shape index (κ1) is 25.7. The van der Waals surface area contributed by atoms with Crippen LogP contribution in [0.5, 0.6) is 0 Å². The van der Waals surface area contributed by atoms with E-state index in [1.807, 2.05) is 0 Å². The van der Waals surface area contributed by atoms with E-state index in [9.17, 15) is 20.4 Å². The van der Waals surface area contributed by atoms with Crippen molar-refractivity contribution in [3.8, 4) is 0 Å². The van der Waals surface area contributed by atoms with E-state index >= 15 is 0 Å². The Hall–Kier alpha value is -0.940. The van der Waals surface area contributed by atoms with Gasteiger partial charge >= 0.3 is 0 Å². The van der Waals surface area contributed by atoms with Crippen LogP contribution in [0, 0.1) is 22.7 Å². The molecule has 4 heteroatoms. The lowest BCUT2D eigenvalue weighted by Crippen LogP contribution is -2.42. The van der Waals surface area contributed by atoms with E-state index in [4.69, 9.17) is 0 Å². The van der Waals surface area contributed by atoms with Crippen LogP contribution in [-0.4, -0.2) is 44.3 Å². The number of aliphatic hydroxyl groups excluding tert-OH is 3. The highest BCUT2D eigenvalue weighted by atomic mass is 16.3. The standard InChI is InChI=1S/C28H46O4/c1-18-20(16-21(29)17-23(18)30)10-9-19-8-7-14-28(6)22(19)11-12-24(28)26(2,3)15-13-25(31)27(4,5)32/h9-10,21-25,29-32H,1,7-8,11-17H2,2-6H3/b19-9?,20-10-/t21-,22?,23-,24-,25-,28+/m1/s1. The quantitative estimate of drug-likeness (QED) is 0.459. The minimum Gasteiger partial charge on any atom is -0.393 e. The number of allylic oxidation sites excluding steroid dienone is 3. The van der Waals surface area contributed by atoms with E-state index in [1.165, 1.54) is 31.3 Å². The summed E-state index contributed by atoms with van der Waals surface area (Å²) in [4.78, 5) is 0. The van der Waals surface area contributed by atoms with E-state index in [0.717, 1.165) is 24.0 Å². The van der Waals surface area contributed by atoms with Crippen LogP contribution in [0.1, 0.15) is 92.4 Å². The maximum absolute atomic E-state index is 10.4. The summed E-state index contributed by atoms with van der Waals surface area (Å²) in [5, 5.41) is 40.7. The third-order valence-electron chi connectivity index (χ3n) is 9.05. The summed E-state index contributed by atoms with van der Waals surface area (Å²) in [5.41, 5.74) is 2.52. The van der Waals surface area contributed by atoms with Crippen LogP contribution in [0.4, 0.5) is 0 Å². The van der Waals surface area contributed by atoms with Crippen molar-refractivity contribution in [3.05, 3.63) is 35.5 Å². The zero-order valence-electron chi connectivity index (χ0n) is 20.9. The fraction of sp³-hybridized carbons (Fsp3) is 0.786. The van der Waals surface area contributed by atoms with E-state index in [-0.39, 0.29) is 10.8 Å². The largest absolute Gasteiger partial charge is 0.393 e. The molecule has 4 N–H and O–H groups in total. The topological polar surface area (TPSA) is 80.9 Å². The number of fused-ring (bicyclic) bond motifs is 1. The molecule has 3 rings (SSSR count). The van der Waals surface area contributed by atoms with Gasteiger partial charge in [-0.15, -0.1) is 0 Å². The molecule has 3 aliphatic rings. The van der Waals surface area contributed by atoms with Crippen LogP contribution >= 0.6 is 0 Å². The van der Waals surface area contributed by atoms with Gasteiger partial charge in [0.2, 0.25) is 0 Å². The fourth-order valence-electron chi connectivity index (χ4n) is 7.02. The second kappa shape index (κ2) is 9.37. The van der Waals surface area contributed by atoms with Crippen LogP contribution in [0.25, 0.3) is 0 Å². The van der Waals surface area contributed by atoms with Gasteiger partial charge in [0.05, 0.1) is 23.9 Å². The molecule has 182 valence electrons. The van der Waals surface area contributed by atoms with Gasteiger partial charge in [0.25, 0.3) is 0 Å². The van der Waals surface area contributed by atoms with Gasteiger partial charge in [0, 0.05) is 6.42 Å². The first-order chi connectivity index (χ1) is 14.8. The van der Waals surface area contributed by atoms with Crippen molar-refractivity contribution in [2.45, 2.75) is 116 Å². The smallest absolute Gasteiger partial charge is 0.0849 e. The van der Waals surface area contributed by atoms with E-state index in [0.29, 0.717) is 31.1 Å². The molecule has 0 aromatic rings. The number of hydrogen-bond acceptors (Lipinski definition) is 4. The highest BCUT2D eigenvalue weighted by Crippen LogP contribution is 2.62. The highest BCUT2D eigenvalue weighted by Gasteiger charge is 2.53. The summed E-state index contributed by atoms with van der Waals surface area (Å²) in [7, 11) is 0. The zero-order chi connectivity index (χ0) is 23.9. The highest BCUT2D eigenvalue weighted by molar-refractivity contribution is 5.38. The van der Waals surface area contributed by atoms with Crippen molar-refractivity contribution in [1.82, 2.24) is 0 Å². The molecule has 3 saturated carbocycles.